The van der Waals surface area contributed by atoms with E-state index < -0.39 is 15.9 Å². The van der Waals surface area contributed by atoms with Crippen LogP contribution < -0.4 is 14.4 Å². The standard InChI is InChI=1S/C21H22N2O4S/c1-28(25,26)23(19-9-3-2-4-10-19)16-21(24)22-13-14-27-20-12-11-17-7-5-6-8-18(17)15-20/h2-12,15H,13-14,16H2,1H3,(H,22,24). The number of benzene rings is 3. The molecule has 146 valence electrons. The molecule has 0 saturated carbocycles. The number of carbonyl (C=O) groups is 1. The first-order valence-electron chi connectivity index (χ1n) is 8.84. The maximum atomic E-state index is 12.2. The second kappa shape index (κ2) is 8.75. The molecule has 0 bridgehead atoms. The summed E-state index contributed by atoms with van der Waals surface area (Å²) in [6.45, 7) is 0.283. The normalized spacial score (nSPS) is 11.2. The molecular weight excluding hydrogens is 376 g/mol. The number of fused-ring (bicyclic) bond motifs is 1. The largest absolute Gasteiger partial charge is 0.492 e. The Hall–Kier alpha value is -3.06. The highest BCUT2D eigenvalue weighted by Crippen LogP contribution is 2.20. The SMILES string of the molecule is CS(=O)(=O)N(CC(=O)NCCOc1ccc2ccccc2c1)c1ccccc1. The lowest BCUT2D eigenvalue weighted by Gasteiger charge is -2.21. The Morgan fingerprint density at radius 1 is 0.964 bits per heavy atom. The summed E-state index contributed by atoms with van der Waals surface area (Å²) < 4.78 is 30.8. The van der Waals surface area contributed by atoms with Gasteiger partial charge in [-0.05, 0) is 35.0 Å². The number of sulfonamides is 1. The first kappa shape index (κ1) is 19.7. The molecule has 0 aromatic heterocycles. The molecule has 0 saturated heterocycles. The minimum Gasteiger partial charge on any atom is -0.492 e. The van der Waals surface area contributed by atoms with Crippen molar-refractivity contribution in [3.63, 3.8) is 0 Å². The van der Waals surface area contributed by atoms with Crippen molar-refractivity contribution in [1.29, 1.82) is 0 Å². The number of ether oxygens (including phenoxy) is 1. The van der Waals surface area contributed by atoms with Crippen LogP contribution in [0.15, 0.2) is 72.8 Å². The summed E-state index contributed by atoms with van der Waals surface area (Å²) in [6, 6.07) is 22.3. The van der Waals surface area contributed by atoms with E-state index in [1.807, 2.05) is 42.5 Å². The van der Waals surface area contributed by atoms with Gasteiger partial charge in [-0.25, -0.2) is 8.42 Å². The molecule has 3 aromatic rings. The lowest BCUT2D eigenvalue weighted by molar-refractivity contribution is -0.119. The quantitative estimate of drug-likeness (QED) is 0.592. The van der Waals surface area contributed by atoms with E-state index >= 15 is 0 Å². The number of nitrogens with zero attached hydrogens (tertiary/aromatic N) is 1. The monoisotopic (exact) mass is 398 g/mol. The molecule has 1 amide bonds. The summed E-state index contributed by atoms with van der Waals surface area (Å²) in [5.41, 5.74) is 0.451. The van der Waals surface area contributed by atoms with Gasteiger partial charge in [-0.15, -0.1) is 0 Å². The number of hydrogen-bond acceptors (Lipinski definition) is 4. The molecule has 0 heterocycles. The highest BCUT2D eigenvalue weighted by molar-refractivity contribution is 7.92. The Kier molecular flexibility index (Phi) is 6.16. The number of carbonyl (C=O) groups excluding carboxylic acids is 1. The zero-order chi connectivity index (χ0) is 20.0. The van der Waals surface area contributed by atoms with Gasteiger partial charge in [0.25, 0.3) is 0 Å². The molecular formula is C21H22N2O4S. The van der Waals surface area contributed by atoms with E-state index in [1.165, 1.54) is 0 Å². The molecule has 0 radical (unpaired) electrons. The third kappa shape index (κ3) is 5.23. The fourth-order valence-electron chi connectivity index (χ4n) is 2.80. The van der Waals surface area contributed by atoms with Crippen LogP contribution >= 0.6 is 0 Å². The fourth-order valence-corrected chi connectivity index (χ4v) is 3.65. The van der Waals surface area contributed by atoms with E-state index in [4.69, 9.17) is 4.74 Å². The molecule has 7 heteroatoms. The molecule has 6 nitrogen and oxygen atoms in total. The van der Waals surface area contributed by atoms with Gasteiger partial charge in [-0.3, -0.25) is 9.10 Å². The number of hydrogen-bond donors (Lipinski definition) is 1. The van der Waals surface area contributed by atoms with Gasteiger partial charge in [-0.2, -0.15) is 0 Å². The summed E-state index contributed by atoms with van der Waals surface area (Å²) in [4.78, 5) is 12.2. The molecule has 1 N–H and O–H groups in total. The molecule has 0 aliphatic rings. The minimum absolute atomic E-state index is 0.276. The number of amides is 1. The van der Waals surface area contributed by atoms with Crippen molar-refractivity contribution in [3.05, 3.63) is 72.8 Å². The van der Waals surface area contributed by atoms with Crippen LogP contribution in [-0.2, 0) is 14.8 Å². The van der Waals surface area contributed by atoms with Crippen LogP contribution in [0.5, 0.6) is 5.75 Å². The van der Waals surface area contributed by atoms with Gasteiger partial charge in [0.1, 0.15) is 18.9 Å². The Labute approximate surface area is 164 Å². The minimum atomic E-state index is -3.57. The number of nitrogens with one attached hydrogen (secondary N) is 1. The Bertz CT molecular complexity index is 1050. The zero-order valence-corrected chi connectivity index (χ0v) is 16.4. The van der Waals surface area contributed by atoms with E-state index in [1.54, 1.807) is 30.3 Å². The third-order valence-electron chi connectivity index (χ3n) is 4.15. The van der Waals surface area contributed by atoms with Crippen molar-refractivity contribution in [2.45, 2.75) is 0 Å². The van der Waals surface area contributed by atoms with Gasteiger partial charge in [-0.1, -0.05) is 48.5 Å². The van der Waals surface area contributed by atoms with Gasteiger partial charge in [0, 0.05) is 0 Å². The van der Waals surface area contributed by atoms with Gasteiger partial charge in [0.15, 0.2) is 0 Å². The lowest BCUT2D eigenvalue weighted by Crippen LogP contribution is -2.41. The molecule has 0 aliphatic carbocycles. The van der Waals surface area contributed by atoms with Crippen molar-refractivity contribution in [3.8, 4) is 5.75 Å². The molecule has 3 aromatic carbocycles. The number of anilines is 1. The van der Waals surface area contributed by atoms with Crippen LogP contribution in [0.1, 0.15) is 0 Å². The number of rotatable bonds is 8. The van der Waals surface area contributed by atoms with Gasteiger partial charge >= 0.3 is 0 Å². The smallest absolute Gasteiger partial charge is 0.240 e. The maximum Gasteiger partial charge on any atom is 0.240 e. The molecule has 0 fully saturated rings. The summed E-state index contributed by atoms with van der Waals surface area (Å²) in [6.07, 6.45) is 1.08. The predicted octanol–water partition coefficient (Wildman–Crippen LogP) is 2.80. The van der Waals surface area contributed by atoms with E-state index in [0.29, 0.717) is 5.69 Å². The van der Waals surface area contributed by atoms with Crippen molar-refractivity contribution < 1.29 is 17.9 Å². The Morgan fingerprint density at radius 3 is 2.36 bits per heavy atom. The van der Waals surface area contributed by atoms with Gasteiger partial charge in [0.2, 0.25) is 15.9 Å². The Morgan fingerprint density at radius 2 is 1.64 bits per heavy atom. The number of para-hydroxylation sites is 1. The van der Waals surface area contributed by atoms with Crippen LogP contribution in [0.2, 0.25) is 0 Å². The summed E-state index contributed by atoms with van der Waals surface area (Å²) >= 11 is 0. The van der Waals surface area contributed by atoms with E-state index in [0.717, 1.165) is 27.1 Å². The second-order valence-corrected chi connectivity index (χ2v) is 8.22. The molecule has 0 atom stereocenters. The van der Waals surface area contributed by atoms with Crippen LogP contribution in [0.4, 0.5) is 5.69 Å². The molecule has 28 heavy (non-hydrogen) atoms. The van der Waals surface area contributed by atoms with Crippen molar-refractivity contribution in [2.75, 3.05) is 30.3 Å². The second-order valence-electron chi connectivity index (χ2n) is 6.31. The van der Waals surface area contributed by atoms with Crippen molar-refractivity contribution >= 4 is 32.4 Å². The predicted molar refractivity (Wildman–Crippen MR) is 111 cm³/mol. The first-order valence-corrected chi connectivity index (χ1v) is 10.7. The fraction of sp³-hybridized carbons (Fsp3) is 0.190. The summed E-state index contributed by atoms with van der Waals surface area (Å²) in [5, 5.41) is 4.90. The lowest BCUT2D eigenvalue weighted by atomic mass is 10.1. The molecule has 0 spiro atoms. The van der Waals surface area contributed by atoms with Gasteiger partial charge in [0.05, 0.1) is 18.5 Å². The Balaban J connectivity index is 1.51. The van der Waals surface area contributed by atoms with Crippen molar-refractivity contribution in [1.82, 2.24) is 5.32 Å². The summed E-state index contributed by atoms with van der Waals surface area (Å²) in [5.74, 6) is 0.325. The van der Waals surface area contributed by atoms with E-state index in [2.05, 4.69) is 5.32 Å². The molecule has 3 rings (SSSR count). The van der Waals surface area contributed by atoms with Gasteiger partial charge < -0.3 is 10.1 Å². The van der Waals surface area contributed by atoms with E-state index in [-0.39, 0.29) is 19.7 Å². The molecule has 0 unspecified atom stereocenters. The third-order valence-corrected chi connectivity index (χ3v) is 5.29. The molecule has 0 aliphatic heterocycles. The highest BCUT2D eigenvalue weighted by Gasteiger charge is 2.20. The van der Waals surface area contributed by atoms with Crippen LogP contribution in [0.3, 0.4) is 0 Å². The van der Waals surface area contributed by atoms with Crippen molar-refractivity contribution in [2.24, 2.45) is 0 Å². The first-order chi connectivity index (χ1) is 13.4. The summed E-state index contributed by atoms with van der Waals surface area (Å²) in [7, 11) is -3.57. The highest BCUT2D eigenvalue weighted by atomic mass is 32.2. The average molecular weight is 398 g/mol. The topological polar surface area (TPSA) is 75.7 Å². The van der Waals surface area contributed by atoms with Crippen LogP contribution in [0, 0.1) is 0 Å². The van der Waals surface area contributed by atoms with Crippen LogP contribution in [-0.4, -0.2) is 40.3 Å². The average Bonchev–Trinajstić information content (AvgIpc) is 2.69. The van der Waals surface area contributed by atoms with Crippen LogP contribution in [0.25, 0.3) is 10.8 Å². The maximum absolute atomic E-state index is 12.2. The zero-order valence-electron chi connectivity index (χ0n) is 15.5. The van der Waals surface area contributed by atoms with E-state index in [9.17, 15) is 13.2 Å².